The maximum absolute atomic E-state index is 13.0. The number of esters is 1. The number of amides is 1. The molecule has 10 nitrogen and oxygen atoms in total. The number of benzene rings is 1. The molecule has 1 aromatic heterocycles. The molecule has 3 N–H and O–H groups in total. The molecule has 0 saturated carbocycles. The fourth-order valence-corrected chi connectivity index (χ4v) is 3.86. The molecule has 0 aliphatic rings. The number of aromatic nitrogens is 2. The van der Waals surface area contributed by atoms with Gasteiger partial charge in [-0.2, -0.15) is 0 Å². The van der Waals surface area contributed by atoms with Crippen LogP contribution >= 0.6 is 0 Å². The number of ether oxygens (including phenoxy) is 1. The van der Waals surface area contributed by atoms with Gasteiger partial charge in [-0.05, 0) is 25.0 Å². The fourth-order valence-electron chi connectivity index (χ4n) is 3.13. The molecule has 1 amide bonds. The molecule has 0 bridgehead atoms. The summed E-state index contributed by atoms with van der Waals surface area (Å²) in [6, 6.07) is 6.24. The SMILES string of the molecule is CCCCN(C(=O)COC(=O)c1ccccc1[S@@](C)=O)c1c(N)n(CCC)c(=O)[nH]c1=O. The highest BCUT2D eigenvalue weighted by atomic mass is 32.2. The number of carbonyl (C=O) groups is 2. The van der Waals surface area contributed by atoms with Crippen LogP contribution in [0.25, 0.3) is 0 Å². The summed E-state index contributed by atoms with van der Waals surface area (Å²) < 4.78 is 18.2. The molecule has 1 heterocycles. The molecule has 0 spiro atoms. The van der Waals surface area contributed by atoms with E-state index in [2.05, 4.69) is 4.98 Å². The first kappa shape index (κ1) is 25.1. The van der Waals surface area contributed by atoms with Gasteiger partial charge >= 0.3 is 11.7 Å². The summed E-state index contributed by atoms with van der Waals surface area (Å²) in [4.78, 5) is 53.7. The molecule has 0 aliphatic heterocycles. The molecule has 1 atom stereocenters. The van der Waals surface area contributed by atoms with E-state index in [1.165, 1.54) is 16.9 Å². The Morgan fingerprint density at radius 1 is 1.19 bits per heavy atom. The van der Waals surface area contributed by atoms with Crippen LogP contribution < -0.4 is 21.9 Å². The van der Waals surface area contributed by atoms with E-state index in [-0.39, 0.29) is 30.2 Å². The average Bonchev–Trinajstić information content (AvgIpc) is 2.76. The summed E-state index contributed by atoms with van der Waals surface area (Å²) in [5.74, 6) is -1.60. The number of hydrogen-bond acceptors (Lipinski definition) is 7. The lowest BCUT2D eigenvalue weighted by atomic mass is 10.2. The standard InChI is InChI=1S/C21H28N4O6S/c1-4-6-12-24(17-18(22)25(11-5-2)21(29)23-19(17)27)16(26)13-31-20(28)14-9-7-8-10-15(14)32(3)30/h7-10H,4-6,11-13,22H2,1-3H3,(H,23,27,29)/t32-/m1/s1. The van der Waals surface area contributed by atoms with E-state index < -0.39 is 40.5 Å². The van der Waals surface area contributed by atoms with E-state index in [1.807, 2.05) is 13.8 Å². The number of H-pyrrole nitrogens is 1. The van der Waals surface area contributed by atoms with Crippen LogP contribution in [0.2, 0.25) is 0 Å². The number of rotatable bonds is 10. The number of anilines is 2. The number of carbonyl (C=O) groups excluding carboxylic acids is 2. The van der Waals surface area contributed by atoms with Gasteiger partial charge in [0.15, 0.2) is 12.3 Å². The molecule has 0 fully saturated rings. The Bertz CT molecular complexity index is 1120. The number of nitrogens with zero attached hydrogens (tertiary/aromatic N) is 2. The van der Waals surface area contributed by atoms with Crippen molar-refractivity contribution in [3.63, 3.8) is 0 Å². The van der Waals surface area contributed by atoms with Crippen LogP contribution in [0, 0.1) is 0 Å². The largest absolute Gasteiger partial charge is 0.452 e. The number of hydrogen-bond donors (Lipinski definition) is 2. The molecule has 0 radical (unpaired) electrons. The molecule has 1 aromatic carbocycles. The second-order valence-corrected chi connectivity index (χ2v) is 8.42. The van der Waals surface area contributed by atoms with E-state index in [1.54, 1.807) is 18.2 Å². The fraction of sp³-hybridized carbons (Fsp3) is 0.429. The summed E-state index contributed by atoms with van der Waals surface area (Å²) in [6.45, 7) is 3.52. The molecule has 11 heteroatoms. The second kappa shape index (κ2) is 11.4. The van der Waals surface area contributed by atoms with Gasteiger partial charge in [-0.3, -0.25) is 23.3 Å². The van der Waals surface area contributed by atoms with E-state index in [0.29, 0.717) is 17.7 Å². The van der Waals surface area contributed by atoms with Gasteiger partial charge in [0, 0.05) is 19.3 Å². The number of unbranched alkanes of at least 4 members (excludes halogenated alkanes) is 1. The third-order valence-corrected chi connectivity index (χ3v) is 5.69. The normalized spacial score (nSPS) is 11.7. The quantitative estimate of drug-likeness (QED) is 0.504. The van der Waals surface area contributed by atoms with Crippen molar-refractivity contribution in [3.05, 3.63) is 50.7 Å². The van der Waals surface area contributed by atoms with Crippen molar-refractivity contribution in [1.29, 1.82) is 0 Å². The van der Waals surface area contributed by atoms with E-state index >= 15 is 0 Å². The molecular weight excluding hydrogens is 436 g/mol. The first-order chi connectivity index (χ1) is 15.2. The van der Waals surface area contributed by atoms with Gasteiger partial charge in [-0.1, -0.05) is 32.4 Å². The molecule has 0 aliphatic carbocycles. The topological polar surface area (TPSA) is 145 Å². The summed E-state index contributed by atoms with van der Waals surface area (Å²) in [5, 5.41) is 0. The molecule has 2 rings (SSSR count). The van der Waals surface area contributed by atoms with Crippen molar-refractivity contribution in [2.45, 2.75) is 44.6 Å². The van der Waals surface area contributed by atoms with E-state index in [9.17, 15) is 23.4 Å². The first-order valence-electron chi connectivity index (χ1n) is 10.2. The molecular formula is C21H28N4O6S. The van der Waals surface area contributed by atoms with E-state index in [4.69, 9.17) is 10.5 Å². The molecule has 174 valence electrons. The third kappa shape index (κ3) is 5.72. The lowest BCUT2D eigenvalue weighted by Gasteiger charge is -2.24. The zero-order valence-corrected chi connectivity index (χ0v) is 19.2. The summed E-state index contributed by atoms with van der Waals surface area (Å²) in [6.07, 6.45) is 3.31. The Morgan fingerprint density at radius 2 is 1.88 bits per heavy atom. The Kier molecular flexibility index (Phi) is 8.94. The van der Waals surface area contributed by atoms with Crippen LogP contribution in [0.3, 0.4) is 0 Å². The van der Waals surface area contributed by atoms with E-state index in [0.717, 1.165) is 11.3 Å². The van der Waals surface area contributed by atoms with Gasteiger partial charge < -0.3 is 15.4 Å². The lowest BCUT2D eigenvalue weighted by molar-refractivity contribution is -0.121. The summed E-state index contributed by atoms with van der Waals surface area (Å²) in [5.41, 5.74) is 4.59. The highest BCUT2D eigenvalue weighted by Crippen LogP contribution is 2.19. The monoisotopic (exact) mass is 464 g/mol. The van der Waals surface area contributed by atoms with Gasteiger partial charge in [0.1, 0.15) is 5.82 Å². The zero-order chi connectivity index (χ0) is 23.8. The number of aromatic amines is 1. The highest BCUT2D eigenvalue weighted by molar-refractivity contribution is 7.84. The van der Waals surface area contributed by atoms with Gasteiger partial charge in [-0.25, -0.2) is 9.59 Å². The summed E-state index contributed by atoms with van der Waals surface area (Å²) >= 11 is 0. The van der Waals surface area contributed by atoms with Crippen molar-refractivity contribution in [3.8, 4) is 0 Å². The first-order valence-corrected chi connectivity index (χ1v) is 11.8. The molecule has 32 heavy (non-hydrogen) atoms. The highest BCUT2D eigenvalue weighted by Gasteiger charge is 2.25. The van der Waals surface area contributed by atoms with Crippen molar-refractivity contribution < 1.29 is 18.5 Å². The van der Waals surface area contributed by atoms with Gasteiger partial charge in [0.25, 0.3) is 11.5 Å². The summed E-state index contributed by atoms with van der Waals surface area (Å²) in [7, 11) is -1.42. The number of nitrogens with two attached hydrogens (primary N) is 1. The number of nitrogen functional groups attached to an aromatic ring is 1. The second-order valence-electron chi connectivity index (χ2n) is 7.07. The Morgan fingerprint density at radius 3 is 2.50 bits per heavy atom. The van der Waals surface area contributed by atoms with Crippen LogP contribution in [0.15, 0.2) is 38.8 Å². The van der Waals surface area contributed by atoms with Crippen molar-refractivity contribution >= 4 is 34.2 Å². The van der Waals surface area contributed by atoms with Crippen LogP contribution in [0.1, 0.15) is 43.5 Å². The lowest BCUT2D eigenvalue weighted by Crippen LogP contribution is -2.43. The van der Waals surface area contributed by atoms with Crippen LogP contribution in [-0.2, 0) is 26.9 Å². The van der Waals surface area contributed by atoms with Crippen molar-refractivity contribution in [2.24, 2.45) is 0 Å². The number of nitrogens with one attached hydrogen (secondary N) is 1. The van der Waals surface area contributed by atoms with Crippen molar-refractivity contribution in [2.75, 3.05) is 30.0 Å². The third-order valence-electron chi connectivity index (χ3n) is 4.71. The predicted octanol–water partition coefficient (Wildman–Crippen LogP) is 1.26. The Balaban J connectivity index is 2.33. The maximum Gasteiger partial charge on any atom is 0.339 e. The molecule has 2 aromatic rings. The Labute approximate surface area is 187 Å². The smallest absolute Gasteiger partial charge is 0.339 e. The van der Waals surface area contributed by atoms with Crippen LogP contribution in [-0.4, -0.2) is 45.0 Å². The molecule has 0 saturated heterocycles. The maximum atomic E-state index is 13.0. The minimum atomic E-state index is -1.42. The van der Waals surface area contributed by atoms with Crippen molar-refractivity contribution in [1.82, 2.24) is 9.55 Å². The average molecular weight is 465 g/mol. The minimum Gasteiger partial charge on any atom is -0.452 e. The minimum absolute atomic E-state index is 0.0927. The van der Waals surface area contributed by atoms with Gasteiger partial charge in [-0.15, -0.1) is 0 Å². The van der Waals surface area contributed by atoms with Gasteiger partial charge in [0.05, 0.1) is 21.3 Å². The zero-order valence-electron chi connectivity index (χ0n) is 18.4. The van der Waals surface area contributed by atoms with Crippen LogP contribution in [0.5, 0.6) is 0 Å². The molecule has 0 unspecified atom stereocenters. The Hall–Kier alpha value is -3.21. The van der Waals surface area contributed by atoms with Gasteiger partial charge in [0.2, 0.25) is 0 Å². The predicted molar refractivity (Wildman–Crippen MR) is 122 cm³/mol. The van der Waals surface area contributed by atoms with Crippen LogP contribution in [0.4, 0.5) is 11.5 Å².